The number of azo groups is 1. The number of rotatable bonds is 5. The second-order valence-corrected chi connectivity index (χ2v) is 5.90. The van der Waals surface area contributed by atoms with Gasteiger partial charge in [0, 0.05) is 19.8 Å². The quantitative estimate of drug-likeness (QED) is 0.809. The van der Waals surface area contributed by atoms with E-state index in [2.05, 4.69) is 10.2 Å². The third-order valence-corrected chi connectivity index (χ3v) is 3.94. The van der Waals surface area contributed by atoms with E-state index in [4.69, 9.17) is 0 Å². The summed E-state index contributed by atoms with van der Waals surface area (Å²) in [7, 11) is 3.82. The lowest BCUT2D eigenvalue weighted by atomic mass is 9.76. The van der Waals surface area contributed by atoms with Crippen LogP contribution in [0.2, 0.25) is 0 Å². The number of carboxylic acid groups (broad SMARTS) is 2. The van der Waals surface area contributed by atoms with Crippen LogP contribution in [0.15, 0.2) is 58.3 Å². The highest BCUT2D eigenvalue weighted by molar-refractivity contribution is 5.92. The van der Waals surface area contributed by atoms with Crippen LogP contribution < -0.4 is 4.90 Å². The number of hydrogen-bond acceptors (Lipinski definition) is 5. The van der Waals surface area contributed by atoms with Gasteiger partial charge in [0.05, 0.1) is 11.3 Å². The normalized spacial score (nSPS) is 23.1. The van der Waals surface area contributed by atoms with E-state index in [0.29, 0.717) is 5.69 Å². The van der Waals surface area contributed by atoms with Crippen LogP contribution in [0.1, 0.15) is 6.92 Å². The summed E-state index contributed by atoms with van der Waals surface area (Å²) in [6.07, 6.45) is 4.21. The Morgan fingerprint density at radius 2 is 1.79 bits per heavy atom. The minimum Gasteiger partial charge on any atom is -0.481 e. The molecule has 2 N–H and O–H groups in total. The van der Waals surface area contributed by atoms with Gasteiger partial charge in [-0.25, -0.2) is 4.79 Å². The molecule has 2 unspecified atom stereocenters. The summed E-state index contributed by atoms with van der Waals surface area (Å²) in [4.78, 5) is 24.9. The van der Waals surface area contributed by atoms with Crippen LogP contribution in [-0.4, -0.2) is 42.3 Å². The molecule has 24 heavy (non-hydrogen) atoms. The van der Waals surface area contributed by atoms with Crippen LogP contribution in [0.4, 0.5) is 11.4 Å². The van der Waals surface area contributed by atoms with Gasteiger partial charge in [0.25, 0.3) is 0 Å². The Hall–Kier alpha value is -2.96. The standard InChI is InChI=1S/C17H19N3O4/c1-17(16(23)24)10-4-5-13(15(21)22)14(17)19-18-11-6-8-12(9-7-11)20(2)3/h4-10,14H,1-3H3,(H,21,22)(H,23,24). The zero-order chi connectivity index (χ0) is 17.9. The van der Waals surface area contributed by atoms with E-state index in [1.165, 1.54) is 25.2 Å². The van der Waals surface area contributed by atoms with E-state index >= 15 is 0 Å². The molecule has 0 bridgehead atoms. The van der Waals surface area contributed by atoms with Crippen molar-refractivity contribution < 1.29 is 19.8 Å². The fourth-order valence-electron chi connectivity index (χ4n) is 2.36. The second-order valence-electron chi connectivity index (χ2n) is 5.90. The molecule has 0 heterocycles. The molecule has 0 saturated carbocycles. The maximum absolute atomic E-state index is 11.6. The number of benzene rings is 1. The summed E-state index contributed by atoms with van der Waals surface area (Å²) in [5.41, 5.74) is -0.0602. The molecule has 2 atom stereocenters. The van der Waals surface area contributed by atoms with Crippen LogP contribution >= 0.6 is 0 Å². The van der Waals surface area contributed by atoms with Gasteiger partial charge in [0.1, 0.15) is 11.5 Å². The lowest BCUT2D eigenvalue weighted by molar-refractivity contribution is -0.146. The first-order valence-electron chi connectivity index (χ1n) is 7.30. The fraction of sp³-hybridized carbons (Fsp3) is 0.294. The van der Waals surface area contributed by atoms with Crippen molar-refractivity contribution in [1.82, 2.24) is 0 Å². The molecule has 7 heteroatoms. The molecule has 1 aliphatic rings. The van der Waals surface area contributed by atoms with Crippen molar-refractivity contribution in [3.8, 4) is 0 Å². The summed E-state index contributed by atoms with van der Waals surface area (Å²) < 4.78 is 0. The average molecular weight is 329 g/mol. The average Bonchev–Trinajstić information content (AvgIpc) is 2.53. The number of aliphatic carboxylic acids is 2. The molecular formula is C17H19N3O4. The van der Waals surface area contributed by atoms with Gasteiger partial charge in [0.2, 0.25) is 0 Å². The van der Waals surface area contributed by atoms with Gasteiger partial charge in [-0.1, -0.05) is 12.2 Å². The highest BCUT2D eigenvalue weighted by Gasteiger charge is 2.45. The summed E-state index contributed by atoms with van der Waals surface area (Å²) in [6, 6.07) is 6.06. The smallest absolute Gasteiger partial charge is 0.333 e. The van der Waals surface area contributed by atoms with Crippen molar-refractivity contribution in [2.75, 3.05) is 19.0 Å². The third kappa shape index (κ3) is 3.34. The van der Waals surface area contributed by atoms with Gasteiger partial charge >= 0.3 is 11.9 Å². The SMILES string of the molecule is CN(C)c1ccc(N=NC2C(C(=O)O)=CC=CC2(C)C(=O)O)cc1. The first kappa shape index (κ1) is 17.4. The molecular weight excluding hydrogens is 310 g/mol. The molecule has 1 aromatic carbocycles. The second kappa shape index (κ2) is 6.66. The van der Waals surface area contributed by atoms with E-state index in [0.717, 1.165) is 5.69 Å². The molecule has 2 rings (SSSR count). The number of carboxylic acids is 2. The monoisotopic (exact) mass is 329 g/mol. The van der Waals surface area contributed by atoms with Crippen molar-refractivity contribution in [2.24, 2.45) is 15.6 Å². The van der Waals surface area contributed by atoms with Crippen LogP contribution in [-0.2, 0) is 9.59 Å². The predicted molar refractivity (Wildman–Crippen MR) is 89.7 cm³/mol. The molecule has 1 aliphatic carbocycles. The molecule has 0 saturated heterocycles. The number of hydrogen-bond donors (Lipinski definition) is 2. The van der Waals surface area contributed by atoms with E-state index in [-0.39, 0.29) is 5.57 Å². The van der Waals surface area contributed by atoms with Gasteiger partial charge in [-0.3, -0.25) is 4.79 Å². The third-order valence-electron chi connectivity index (χ3n) is 3.94. The molecule has 1 aromatic rings. The zero-order valence-corrected chi connectivity index (χ0v) is 13.7. The highest BCUT2D eigenvalue weighted by atomic mass is 16.4. The molecule has 7 nitrogen and oxygen atoms in total. The van der Waals surface area contributed by atoms with Crippen LogP contribution in [0.5, 0.6) is 0 Å². The number of anilines is 1. The van der Waals surface area contributed by atoms with E-state index in [1.807, 2.05) is 31.1 Å². The van der Waals surface area contributed by atoms with Gasteiger partial charge < -0.3 is 15.1 Å². The molecule has 0 amide bonds. The van der Waals surface area contributed by atoms with Crippen molar-refractivity contribution in [3.63, 3.8) is 0 Å². The predicted octanol–water partition coefficient (Wildman–Crippen LogP) is 2.88. The minimum atomic E-state index is -1.46. The Labute approximate surface area is 139 Å². The summed E-state index contributed by atoms with van der Waals surface area (Å²) in [6.45, 7) is 1.43. The van der Waals surface area contributed by atoms with Crippen LogP contribution in [0.3, 0.4) is 0 Å². The van der Waals surface area contributed by atoms with Crippen LogP contribution in [0, 0.1) is 5.41 Å². The maximum atomic E-state index is 11.6. The summed E-state index contributed by atoms with van der Waals surface area (Å²) >= 11 is 0. The number of allylic oxidation sites excluding steroid dienone is 2. The summed E-state index contributed by atoms with van der Waals surface area (Å²) in [5, 5.41) is 26.9. The van der Waals surface area contributed by atoms with Gasteiger partial charge in [-0.15, -0.1) is 0 Å². The molecule has 0 aliphatic heterocycles. The first-order chi connectivity index (χ1) is 11.3. The first-order valence-corrected chi connectivity index (χ1v) is 7.30. The Bertz CT molecular complexity index is 735. The zero-order valence-electron chi connectivity index (χ0n) is 13.7. The minimum absolute atomic E-state index is 0.101. The largest absolute Gasteiger partial charge is 0.481 e. The Balaban J connectivity index is 2.35. The van der Waals surface area contributed by atoms with Crippen LogP contribution in [0.25, 0.3) is 0 Å². The van der Waals surface area contributed by atoms with E-state index in [1.54, 1.807) is 12.1 Å². The number of nitrogens with zero attached hydrogens (tertiary/aromatic N) is 3. The molecule has 0 spiro atoms. The van der Waals surface area contributed by atoms with Gasteiger partial charge in [-0.05, 0) is 37.3 Å². The Morgan fingerprint density at radius 1 is 1.17 bits per heavy atom. The van der Waals surface area contributed by atoms with Crippen molar-refractivity contribution in [2.45, 2.75) is 13.0 Å². The van der Waals surface area contributed by atoms with Gasteiger partial charge in [0.15, 0.2) is 0 Å². The maximum Gasteiger partial charge on any atom is 0.333 e. The molecule has 0 fully saturated rings. The topological polar surface area (TPSA) is 103 Å². The Morgan fingerprint density at radius 3 is 2.29 bits per heavy atom. The number of carbonyl (C=O) groups is 2. The lowest BCUT2D eigenvalue weighted by Gasteiger charge is -2.30. The van der Waals surface area contributed by atoms with E-state index < -0.39 is 23.4 Å². The Kier molecular flexibility index (Phi) is 4.82. The van der Waals surface area contributed by atoms with Crippen molar-refractivity contribution >= 4 is 23.3 Å². The molecule has 0 radical (unpaired) electrons. The van der Waals surface area contributed by atoms with Crippen molar-refractivity contribution in [3.05, 3.63) is 48.1 Å². The lowest BCUT2D eigenvalue weighted by Crippen LogP contribution is -2.41. The fourth-order valence-corrected chi connectivity index (χ4v) is 2.36. The van der Waals surface area contributed by atoms with Gasteiger partial charge in [-0.2, -0.15) is 10.2 Å². The molecule has 0 aromatic heterocycles. The van der Waals surface area contributed by atoms with E-state index in [9.17, 15) is 19.8 Å². The van der Waals surface area contributed by atoms with Crippen molar-refractivity contribution in [1.29, 1.82) is 0 Å². The highest BCUT2D eigenvalue weighted by Crippen LogP contribution is 2.35. The molecule has 126 valence electrons. The summed E-state index contributed by atoms with van der Waals surface area (Å²) in [5.74, 6) is -2.36.